The van der Waals surface area contributed by atoms with Gasteiger partial charge in [0.05, 0.1) is 6.10 Å². The lowest BCUT2D eigenvalue weighted by atomic mass is 10.0. The van der Waals surface area contributed by atoms with E-state index in [9.17, 15) is 5.11 Å². The quantitative estimate of drug-likeness (QED) is 0.725. The van der Waals surface area contributed by atoms with E-state index < -0.39 is 0 Å². The van der Waals surface area contributed by atoms with Crippen molar-refractivity contribution in [2.75, 3.05) is 6.54 Å². The van der Waals surface area contributed by atoms with Gasteiger partial charge in [0.1, 0.15) is 0 Å². The van der Waals surface area contributed by atoms with Gasteiger partial charge >= 0.3 is 0 Å². The summed E-state index contributed by atoms with van der Waals surface area (Å²) in [6.45, 7) is 9.73. The predicted octanol–water partition coefficient (Wildman–Crippen LogP) is 1.88. The third-order valence-electron chi connectivity index (χ3n) is 3.33. The zero-order chi connectivity index (χ0) is 10.0. The first-order valence-electron chi connectivity index (χ1n) is 5.48. The summed E-state index contributed by atoms with van der Waals surface area (Å²) in [4.78, 5) is 2.47. The molecule has 0 aromatic rings. The molecule has 0 aromatic carbocycles. The molecule has 13 heavy (non-hydrogen) atoms. The molecule has 1 fully saturated rings. The van der Waals surface area contributed by atoms with Gasteiger partial charge in [-0.25, -0.2) is 0 Å². The molecule has 1 rings (SSSR count). The smallest absolute Gasteiger partial charge is 0.0664 e. The zero-order valence-corrected chi connectivity index (χ0v) is 9.33. The number of likely N-dealkylation sites (tertiary alicyclic amines) is 1. The highest BCUT2D eigenvalue weighted by atomic mass is 16.3. The molecule has 1 N–H and O–H groups in total. The Morgan fingerprint density at radius 3 is 2.31 bits per heavy atom. The van der Waals surface area contributed by atoms with Gasteiger partial charge in [-0.3, -0.25) is 4.90 Å². The van der Waals surface area contributed by atoms with Gasteiger partial charge in [-0.05, 0) is 39.2 Å². The Bertz CT molecular complexity index is 156. The minimum Gasteiger partial charge on any atom is -0.392 e. The molecule has 78 valence electrons. The highest BCUT2D eigenvalue weighted by molar-refractivity contribution is 4.86. The van der Waals surface area contributed by atoms with Crippen LogP contribution < -0.4 is 0 Å². The summed E-state index contributed by atoms with van der Waals surface area (Å²) >= 11 is 0. The summed E-state index contributed by atoms with van der Waals surface area (Å²) in [5, 5.41) is 9.54. The highest BCUT2D eigenvalue weighted by Crippen LogP contribution is 2.26. The van der Waals surface area contributed by atoms with Gasteiger partial charge in [-0.2, -0.15) is 0 Å². The van der Waals surface area contributed by atoms with Crippen LogP contribution in [0.3, 0.4) is 0 Å². The molecule has 0 aliphatic carbocycles. The lowest BCUT2D eigenvalue weighted by Crippen LogP contribution is -2.45. The number of rotatable bonds is 3. The van der Waals surface area contributed by atoms with Crippen LogP contribution in [0.5, 0.6) is 0 Å². The lowest BCUT2D eigenvalue weighted by Gasteiger charge is -2.34. The molecular weight excluding hydrogens is 162 g/mol. The van der Waals surface area contributed by atoms with Gasteiger partial charge in [0.2, 0.25) is 0 Å². The van der Waals surface area contributed by atoms with Gasteiger partial charge in [0.15, 0.2) is 0 Å². The van der Waals surface area contributed by atoms with E-state index in [0.717, 1.165) is 6.54 Å². The van der Waals surface area contributed by atoms with Crippen LogP contribution in [0.1, 0.15) is 40.5 Å². The van der Waals surface area contributed by atoms with Crippen LogP contribution in [0.15, 0.2) is 0 Å². The number of aliphatic hydroxyl groups is 1. The summed E-state index contributed by atoms with van der Waals surface area (Å²) < 4.78 is 0. The lowest BCUT2D eigenvalue weighted by molar-refractivity contribution is 0.0513. The van der Waals surface area contributed by atoms with Crippen LogP contribution in [0, 0.1) is 5.92 Å². The van der Waals surface area contributed by atoms with E-state index in [0.29, 0.717) is 18.0 Å². The van der Waals surface area contributed by atoms with Crippen molar-refractivity contribution in [3.8, 4) is 0 Å². The molecule has 2 heteroatoms. The van der Waals surface area contributed by atoms with Gasteiger partial charge in [-0.15, -0.1) is 0 Å². The predicted molar refractivity (Wildman–Crippen MR) is 55.7 cm³/mol. The van der Waals surface area contributed by atoms with Crippen LogP contribution in [0.2, 0.25) is 0 Å². The first-order chi connectivity index (χ1) is 6.04. The molecule has 1 aliphatic heterocycles. The monoisotopic (exact) mass is 185 g/mol. The average Bonchev–Trinajstić information content (AvgIpc) is 2.50. The summed E-state index contributed by atoms with van der Waals surface area (Å²) in [5.74, 6) is 0.712. The fourth-order valence-electron chi connectivity index (χ4n) is 2.31. The van der Waals surface area contributed by atoms with Crippen molar-refractivity contribution in [3.63, 3.8) is 0 Å². The summed E-state index contributed by atoms with van der Waals surface area (Å²) in [6, 6.07) is 1.000. The number of hydrogen-bond donors (Lipinski definition) is 1. The SMILES string of the molecule is CC(C)C1CCCN1C(C)C(C)O. The van der Waals surface area contributed by atoms with E-state index >= 15 is 0 Å². The minimum atomic E-state index is -0.209. The second-order valence-electron chi connectivity index (χ2n) is 4.67. The van der Waals surface area contributed by atoms with E-state index in [2.05, 4.69) is 25.7 Å². The average molecular weight is 185 g/mol. The Morgan fingerprint density at radius 2 is 1.85 bits per heavy atom. The van der Waals surface area contributed by atoms with Crippen molar-refractivity contribution in [1.29, 1.82) is 0 Å². The normalized spacial score (nSPS) is 29.5. The van der Waals surface area contributed by atoms with Gasteiger partial charge in [-0.1, -0.05) is 13.8 Å². The molecule has 0 saturated carbocycles. The fraction of sp³-hybridized carbons (Fsp3) is 1.00. The Balaban J connectivity index is 2.57. The maximum Gasteiger partial charge on any atom is 0.0664 e. The third kappa shape index (κ3) is 2.44. The molecule has 0 spiro atoms. The molecule has 3 unspecified atom stereocenters. The second kappa shape index (κ2) is 4.43. The standard InChI is InChI=1S/C11H23NO/c1-8(2)11-6-5-7-12(11)9(3)10(4)13/h8-11,13H,5-7H2,1-4H3. The summed E-state index contributed by atoms with van der Waals surface area (Å²) in [7, 11) is 0. The third-order valence-corrected chi connectivity index (χ3v) is 3.33. The second-order valence-corrected chi connectivity index (χ2v) is 4.67. The fourth-order valence-corrected chi connectivity index (χ4v) is 2.31. The van der Waals surface area contributed by atoms with E-state index in [-0.39, 0.29) is 6.10 Å². The summed E-state index contributed by atoms with van der Waals surface area (Å²) in [5.41, 5.74) is 0. The van der Waals surface area contributed by atoms with E-state index in [4.69, 9.17) is 0 Å². The molecular formula is C11H23NO. The molecule has 3 atom stereocenters. The molecule has 1 saturated heterocycles. The Labute approximate surface area is 81.9 Å². The van der Waals surface area contributed by atoms with E-state index in [1.807, 2.05) is 6.92 Å². The van der Waals surface area contributed by atoms with Crippen molar-refractivity contribution in [2.24, 2.45) is 5.92 Å². The Kier molecular flexibility index (Phi) is 3.74. The molecule has 0 amide bonds. The molecule has 2 nitrogen and oxygen atoms in total. The van der Waals surface area contributed by atoms with Crippen LogP contribution >= 0.6 is 0 Å². The van der Waals surface area contributed by atoms with Crippen molar-refractivity contribution in [2.45, 2.75) is 58.7 Å². The number of hydrogen-bond acceptors (Lipinski definition) is 2. The maximum atomic E-state index is 9.54. The van der Waals surface area contributed by atoms with Gasteiger partial charge < -0.3 is 5.11 Å². The van der Waals surface area contributed by atoms with Crippen molar-refractivity contribution in [1.82, 2.24) is 4.90 Å². The number of aliphatic hydroxyl groups excluding tert-OH is 1. The topological polar surface area (TPSA) is 23.5 Å². The van der Waals surface area contributed by atoms with Crippen LogP contribution in [0.25, 0.3) is 0 Å². The van der Waals surface area contributed by atoms with Crippen LogP contribution in [-0.2, 0) is 0 Å². The molecule has 0 radical (unpaired) electrons. The van der Waals surface area contributed by atoms with Crippen molar-refractivity contribution >= 4 is 0 Å². The highest BCUT2D eigenvalue weighted by Gasteiger charge is 2.31. The van der Waals surface area contributed by atoms with Crippen molar-refractivity contribution < 1.29 is 5.11 Å². The zero-order valence-electron chi connectivity index (χ0n) is 9.33. The molecule has 0 aromatic heterocycles. The van der Waals surface area contributed by atoms with E-state index in [1.165, 1.54) is 12.8 Å². The molecule has 1 aliphatic rings. The molecule has 0 bridgehead atoms. The minimum absolute atomic E-state index is 0.209. The molecule has 1 heterocycles. The van der Waals surface area contributed by atoms with Crippen LogP contribution in [-0.4, -0.2) is 34.7 Å². The van der Waals surface area contributed by atoms with Gasteiger partial charge in [0.25, 0.3) is 0 Å². The first kappa shape index (κ1) is 11.0. The van der Waals surface area contributed by atoms with Crippen molar-refractivity contribution in [3.05, 3.63) is 0 Å². The van der Waals surface area contributed by atoms with E-state index in [1.54, 1.807) is 0 Å². The Hall–Kier alpha value is -0.0800. The first-order valence-corrected chi connectivity index (χ1v) is 5.48. The maximum absolute atomic E-state index is 9.54. The number of nitrogens with zero attached hydrogens (tertiary/aromatic N) is 1. The van der Waals surface area contributed by atoms with Gasteiger partial charge in [0, 0.05) is 12.1 Å². The largest absolute Gasteiger partial charge is 0.392 e. The van der Waals surface area contributed by atoms with Crippen LogP contribution in [0.4, 0.5) is 0 Å². The summed E-state index contributed by atoms with van der Waals surface area (Å²) in [6.07, 6.45) is 2.38. The Morgan fingerprint density at radius 1 is 1.23 bits per heavy atom.